The monoisotopic (exact) mass is 448 g/mol. The Balaban J connectivity index is -0.000000100. The minimum atomic E-state index is -0.857. The lowest BCUT2D eigenvalue weighted by Gasteiger charge is -1.94. The van der Waals surface area contributed by atoms with E-state index in [1.54, 1.807) is 0 Å². The number of rotatable bonds is 8. The van der Waals surface area contributed by atoms with Gasteiger partial charge in [-0.3, -0.25) is 8.42 Å². The van der Waals surface area contributed by atoms with Crippen LogP contribution in [0.15, 0.2) is 0 Å². The van der Waals surface area contributed by atoms with Crippen molar-refractivity contribution in [1.82, 2.24) is 0 Å². The molecule has 0 N–H and O–H groups in total. The van der Waals surface area contributed by atoms with Crippen LogP contribution in [0.4, 0.5) is 0 Å². The summed E-state index contributed by atoms with van der Waals surface area (Å²) in [6, 6.07) is 0. The molecule has 0 rings (SSSR count). The number of hydrogen-bond acceptors (Lipinski definition) is 4. The van der Waals surface area contributed by atoms with Crippen LogP contribution in [0.1, 0.15) is 35.1 Å². The second kappa shape index (κ2) is 23.8. The van der Waals surface area contributed by atoms with Crippen LogP contribution in [0.2, 0.25) is 0 Å². The van der Waals surface area contributed by atoms with Crippen molar-refractivity contribution in [2.75, 3.05) is 33.2 Å². The highest BCUT2D eigenvalue weighted by atomic mass is 127. The van der Waals surface area contributed by atoms with E-state index >= 15 is 0 Å². The molecular weight excluding hydrogens is 419 g/mol. The molecule has 0 aliphatic rings. The molecule has 2 atom stereocenters. The van der Waals surface area contributed by atoms with Gasteiger partial charge in [0.15, 0.2) is 0 Å². The molecule has 18 heavy (non-hydrogen) atoms. The molecule has 0 aliphatic heterocycles. The molecule has 0 saturated carbocycles. The topological polar surface area (TPSA) is 34.1 Å². The molecule has 0 saturated heterocycles. The Labute approximate surface area is 145 Å². The van der Waals surface area contributed by atoms with Gasteiger partial charge in [-0.1, -0.05) is 35.1 Å². The van der Waals surface area contributed by atoms with Crippen LogP contribution in [-0.4, -0.2) is 41.6 Å². The molecule has 0 amide bonds. The summed E-state index contributed by atoms with van der Waals surface area (Å²) in [6.45, 7) is 8.06. The Bertz CT molecular complexity index is 174. The van der Waals surface area contributed by atoms with Gasteiger partial charge >= 0.3 is 0 Å². The van der Waals surface area contributed by atoms with Crippen LogP contribution >= 0.6 is 47.5 Å². The summed E-state index contributed by atoms with van der Waals surface area (Å²) >= 11 is 3.99. The van der Waals surface area contributed by atoms with E-state index < -0.39 is 21.6 Å². The van der Waals surface area contributed by atoms with Crippen molar-refractivity contribution in [1.29, 1.82) is 0 Å². The fourth-order valence-electron chi connectivity index (χ4n) is 0.539. The van der Waals surface area contributed by atoms with Crippen LogP contribution < -0.4 is 0 Å². The Morgan fingerprint density at radius 3 is 1.39 bits per heavy atom. The van der Waals surface area contributed by atoms with E-state index in [9.17, 15) is 8.42 Å². The van der Waals surface area contributed by atoms with Gasteiger partial charge in [-0.2, -0.15) is 23.5 Å². The van der Waals surface area contributed by atoms with E-state index in [-0.39, 0.29) is 31.4 Å². The van der Waals surface area contributed by atoms with Crippen molar-refractivity contribution in [3.63, 3.8) is 0 Å². The van der Waals surface area contributed by atoms with Gasteiger partial charge in [0.2, 0.25) is 0 Å². The summed E-state index contributed by atoms with van der Waals surface area (Å²) in [7, 11) is -1.71. The Kier molecular flexibility index (Phi) is 37.0. The van der Waals surface area contributed by atoms with E-state index in [4.69, 9.17) is 0 Å². The minimum absolute atomic E-state index is 0. The van der Waals surface area contributed by atoms with E-state index in [0.717, 1.165) is 0 Å². The molecule has 0 heterocycles. The summed E-state index contributed by atoms with van der Waals surface area (Å²) in [4.78, 5) is 0. The molecule has 0 aliphatic carbocycles. The lowest BCUT2D eigenvalue weighted by atomic mass is 11.0. The van der Waals surface area contributed by atoms with E-state index in [1.165, 1.54) is 16.6 Å². The van der Waals surface area contributed by atoms with Crippen molar-refractivity contribution in [3.05, 3.63) is 0 Å². The lowest BCUT2D eigenvalue weighted by Crippen LogP contribution is -2.07. The van der Waals surface area contributed by atoms with Crippen LogP contribution in [0, 0.1) is 0 Å². The van der Waals surface area contributed by atoms with Crippen molar-refractivity contribution >= 4 is 69.1 Å². The molecule has 116 valence electrons. The van der Waals surface area contributed by atoms with Gasteiger partial charge in [-0.15, -0.1) is 24.0 Å². The van der Waals surface area contributed by atoms with Crippen LogP contribution in [0.25, 0.3) is 0 Å². The largest absolute Gasteiger partial charge is 0.259 e. The zero-order valence-electron chi connectivity index (χ0n) is 11.1. The lowest BCUT2D eigenvalue weighted by molar-refractivity contribution is 0.680. The molecule has 0 radical (unpaired) electrons. The number of halogens is 1. The summed E-state index contributed by atoms with van der Waals surface area (Å²) in [5.74, 6) is 3.75. The average molecular weight is 449 g/mol. The van der Waals surface area contributed by atoms with Crippen LogP contribution in [-0.2, 0) is 21.6 Å². The summed E-state index contributed by atoms with van der Waals surface area (Å²) in [6.07, 6.45) is 0. The highest BCUT2D eigenvalue weighted by Gasteiger charge is 1.99. The minimum Gasteiger partial charge on any atom is -0.259 e. The quantitative estimate of drug-likeness (QED) is 0.317. The Morgan fingerprint density at radius 2 is 1.17 bits per heavy atom. The van der Waals surface area contributed by atoms with Gasteiger partial charge in [0, 0.05) is 38.2 Å². The third-order valence-corrected chi connectivity index (χ3v) is 7.02. The van der Waals surface area contributed by atoms with Gasteiger partial charge in [-0.05, 0) is 11.5 Å². The first-order chi connectivity index (χ1) is 7.62. The predicted octanol–water partition coefficient (Wildman–Crippen LogP) is 4.19. The first-order valence-corrected chi connectivity index (χ1v) is 10.8. The molecule has 7 heteroatoms. The van der Waals surface area contributed by atoms with E-state index in [1.807, 2.05) is 37.4 Å². The predicted molar refractivity (Wildman–Crippen MR) is 106 cm³/mol. The molecule has 0 spiro atoms. The second-order valence-corrected chi connectivity index (χ2v) is 9.45. The van der Waals surface area contributed by atoms with Crippen molar-refractivity contribution < 1.29 is 8.42 Å². The molecule has 0 aromatic heterocycles. The maximum absolute atomic E-state index is 10.7. The molecule has 0 fully saturated rings. The first kappa shape index (κ1) is 28.0. The average Bonchev–Trinajstić information content (AvgIpc) is 2.30. The van der Waals surface area contributed by atoms with Crippen molar-refractivity contribution in [2.45, 2.75) is 35.1 Å². The SMILES string of the molecule is C.CCS(=O)CS(=O)CC.CCSCSCC.I. The molecular formula is C11H29IO2S4. The normalized spacial score (nSPS) is 12.2. The van der Waals surface area contributed by atoms with Gasteiger partial charge < -0.3 is 0 Å². The smallest absolute Gasteiger partial charge is 0.0991 e. The first-order valence-electron chi connectivity index (χ1n) is 5.47. The fraction of sp³-hybridized carbons (Fsp3) is 1.00. The Morgan fingerprint density at radius 1 is 0.833 bits per heavy atom. The summed E-state index contributed by atoms with van der Waals surface area (Å²) in [5, 5.41) is 1.62. The van der Waals surface area contributed by atoms with Gasteiger partial charge in [0.1, 0.15) is 0 Å². The second-order valence-electron chi connectivity index (χ2n) is 2.68. The molecule has 0 aromatic rings. The fourth-order valence-corrected chi connectivity index (χ4v) is 4.85. The third-order valence-electron chi connectivity index (χ3n) is 1.48. The number of thioether (sulfide) groups is 2. The van der Waals surface area contributed by atoms with Crippen molar-refractivity contribution in [3.8, 4) is 0 Å². The highest BCUT2D eigenvalue weighted by Crippen LogP contribution is 2.09. The molecule has 0 bridgehead atoms. The highest BCUT2D eigenvalue weighted by molar-refractivity contribution is 14.0. The zero-order valence-corrected chi connectivity index (χ0v) is 16.7. The standard InChI is InChI=1S/C5H12O2S2.C5H12S2.CH4.HI/c1-3-8(6)5-9(7)4-2;1-3-6-5-7-4-2;;/h3-5H2,1-2H3;3-5H2,1-2H3;1H4;1H. The van der Waals surface area contributed by atoms with E-state index in [2.05, 4.69) is 13.8 Å². The summed E-state index contributed by atoms with van der Waals surface area (Å²) < 4.78 is 21.4. The van der Waals surface area contributed by atoms with Gasteiger partial charge in [0.25, 0.3) is 0 Å². The maximum atomic E-state index is 10.7. The Hall–Kier alpha value is 1.73. The molecule has 0 aromatic carbocycles. The third kappa shape index (κ3) is 26.3. The number of hydrogen-bond donors (Lipinski definition) is 0. The van der Waals surface area contributed by atoms with Crippen LogP contribution in [0.3, 0.4) is 0 Å². The van der Waals surface area contributed by atoms with Crippen LogP contribution in [0.5, 0.6) is 0 Å². The van der Waals surface area contributed by atoms with E-state index in [0.29, 0.717) is 16.6 Å². The molecule has 2 nitrogen and oxygen atoms in total. The van der Waals surface area contributed by atoms with Gasteiger partial charge in [0.05, 0.1) is 5.08 Å². The molecule has 2 unspecified atom stereocenters. The van der Waals surface area contributed by atoms with Crippen molar-refractivity contribution in [2.24, 2.45) is 0 Å². The summed E-state index contributed by atoms with van der Waals surface area (Å²) in [5.41, 5.74) is 0. The zero-order chi connectivity index (χ0) is 12.8. The maximum Gasteiger partial charge on any atom is 0.0991 e. The van der Waals surface area contributed by atoms with Gasteiger partial charge in [-0.25, -0.2) is 0 Å².